The van der Waals surface area contributed by atoms with Crippen LogP contribution < -0.4 is 0 Å². The topological polar surface area (TPSA) is 25.8 Å². The van der Waals surface area contributed by atoms with Gasteiger partial charge in [0, 0.05) is 59.2 Å². The average Bonchev–Trinajstić information content (AvgIpc) is 2.93. The summed E-state index contributed by atoms with van der Waals surface area (Å²) >= 11 is 0. The molecule has 0 saturated carbocycles. The summed E-state index contributed by atoms with van der Waals surface area (Å²) in [7, 11) is 0. The van der Waals surface area contributed by atoms with Crippen molar-refractivity contribution in [3.8, 4) is 44.5 Å². The van der Waals surface area contributed by atoms with Crippen LogP contribution in [0, 0.1) is 23.3 Å². The molecule has 0 atom stereocenters. The zero-order chi connectivity index (χ0) is 26.2. The molecule has 6 heteroatoms. The molecule has 0 aliphatic heterocycles. The van der Waals surface area contributed by atoms with Crippen molar-refractivity contribution in [1.82, 2.24) is 9.97 Å². The van der Waals surface area contributed by atoms with Gasteiger partial charge in [-0.05, 0) is 81.6 Å². The second kappa shape index (κ2) is 9.56. The summed E-state index contributed by atoms with van der Waals surface area (Å²) in [5.41, 5.74) is 4.42. The monoisotopic (exact) mass is 506 g/mol. The third-order valence-electron chi connectivity index (χ3n) is 6.58. The Bertz CT molecular complexity index is 1670. The number of nitrogens with zero attached hydrogens (tertiary/aromatic N) is 2. The molecule has 2 aromatic heterocycles. The maximum absolute atomic E-state index is 15.3. The number of halogens is 4. The minimum absolute atomic E-state index is 0.200. The van der Waals surface area contributed by atoms with Crippen molar-refractivity contribution in [2.45, 2.75) is 0 Å². The molecule has 0 aliphatic carbocycles. The van der Waals surface area contributed by atoms with E-state index in [1.54, 1.807) is 49.1 Å². The SMILES string of the molecule is Fc1ccc(-c2c(-c3ccncc3)ccc3c(-c4ccc(F)cc4F)c(-c4ccncc4)ccc23)c(F)c1. The number of aromatic nitrogens is 2. The molecule has 2 nitrogen and oxygen atoms in total. The largest absolute Gasteiger partial charge is 0.265 e. The molecular weight excluding hydrogens is 488 g/mol. The van der Waals surface area contributed by atoms with E-state index in [1.165, 1.54) is 24.3 Å². The molecule has 6 aromatic rings. The average molecular weight is 507 g/mol. The molecule has 4 aromatic carbocycles. The summed E-state index contributed by atoms with van der Waals surface area (Å²) in [6.45, 7) is 0. The van der Waals surface area contributed by atoms with Crippen LogP contribution in [0.5, 0.6) is 0 Å². The van der Waals surface area contributed by atoms with Gasteiger partial charge in [0.15, 0.2) is 0 Å². The van der Waals surface area contributed by atoms with E-state index in [9.17, 15) is 8.78 Å². The summed E-state index contributed by atoms with van der Waals surface area (Å²) in [5, 5.41) is 1.25. The maximum atomic E-state index is 15.3. The predicted molar refractivity (Wildman–Crippen MR) is 141 cm³/mol. The van der Waals surface area contributed by atoms with E-state index in [4.69, 9.17) is 0 Å². The molecular formula is C32H18F4N2. The first-order valence-electron chi connectivity index (χ1n) is 11.8. The van der Waals surface area contributed by atoms with Gasteiger partial charge in [0.2, 0.25) is 0 Å². The van der Waals surface area contributed by atoms with E-state index in [0.29, 0.717) is 33.0 Å². The first-order valence-corrected chi connectivity index (χ1v) is 11.8. The zero-order valence-electron chi connectivity index (χ0n) is 19.8. The lowest BCUT2D eigenvalue weighted by Crippen LogP contribution is -1.96. The molecule has 0 fully saturated rings. The van der Waals surface area contributed by atoms with Crippen molar-refractivity contribution in [2.75, 3.05) is 0 Å². The molecule has 184 valence electrons. The van der Waals surface area contributed by atoms with E-state index in [-0.39, 0.29) is 11.1 Å². The summed E-state index contributed by atoms with van der Waals surface area (Å²) in [6.07, 6.45) is 6.54. The third-order valence-corrected chi connectivity index (χ3v) is 6.58. The molecule has 0 spiro atoms. The smallest absolute Gasteiger partial charge is 0.133 e. The number of pyridine rings is 2. The highest BCUT2D eigenvalue weighted by atomic mass is 19.1. The van der Waals surface area contributed by atoms with E-state index in [2.05, 4.69) is 9.97 Å². The van der Waals surface area contributed by atoms with Gasteiger partial charge in [0.1, 0.15) is 23.3 Å². The third kappa shape index (κ3) is 4.10. The van der Waals surface area contributed by atoms with Crippen LogP contribution in [0.15, 0.2) is 110 Å². The number of hydrogen-bond donors (Lipinski definition) is 0. The number of benzene rings is 4. The van der Waals surface area contributed by atoms with Crippen molar-refractivity contribution < 1.29 is 17.6 Å². The minimum Gasteiger partial charge on any atom is -0.265 e. The second-order valence-electron chi connectivity index (χ2n) is 8.79. The standard InChI is InChI=1S/C32H18F4N2/c33-21-1-3-27(29(35)17-21)31-23(19-9-13-37-14-10-19)5-8-26-25(31)7-6-24(20-11-15-38-16-12-20)32(26)28-4-2-22(34)18-30(28)36/h1-18H. The molecule has 0 radical (unpaired) electrons. The fraction of sp³-hybridized carbons (Fsp3) is 0. The van der Waals surface area contributed by atoms with Crippen molar-refractivity contribution >= 4 is 10.8 Å². The van der Waals surface area contributed by atoms with Gasteiger partial charge in [0.05, 0.1) is 0 Å². The van der Waals surface area contributed by atoms with Crippen LogP contribution >= 0.6 is 0 Å². The van der Waals surface area contributed by atoms with E-state index < -0.39 is 23.3 Å². The predicted octanol–water partition coefficient (Wildman–Crippen LogP) is 8.85. The highest BCUT2D eigenvalue weighted by molar-refractivity contribution is 6.12. The lowest BCUT2D eigenvalue weighted by atomic mass is 9.84. The molecule has 0 unspecified atom stereocenters. The lowest BCUT2D eigenvalue weighted by molar-refractivity contribution is 0.585. The van der Waals surface area contributed by atoms with Gasteiger partial charge in [-0.2, -0.15) is 0 Å². The van der Waals surface area contributed by atoms with Gasteiger partial charge in [-0.3, -0.25) is 9.97 Å². The van der Waals surface area contributed by atoms with Crippen LogP contribution in [0.1, 0.15) is 0 Å². The van der Waals surface area contributed by atoms with Gasteiger partial charge >= 0.3 is 0 Å². The van der Waals surface area contributed by atoms with Crippen LogP contribution in [-0.2, 0) is 0 Å². The normalized spacial score (nSPS) is 11.2. The van der Waals surface area contributed by atoms with E-state index in [1.807, 2.05) is 24.3 Å². The Kier molecular flexibility index (Phi) is 5.92. The summed E-state index contributed by atoms with van der Waals surface area (Å²) in [6, 6.07) is 21.5. The van der Waals surface area contributed by atoms with Crippen molar-refractivity contribution in [1.29, 1.82) is 0 Å². The quantitative estimate of drug-likeness (QED) is 0.223. The molecule has 0 saturated heterocycles. The number of rotatable bonds is 4. The highest BCUT2D eigenvalue weighted by Crippen LogP contribution is 2.45. The van der Waals surface area contributed by atoms with E-state index in [0.717, 1.165) is 23.3 Å². The molecule has 6 rings (SSSR count). The van der Waals surface area contributed by atoms with Gasteiger partial charge < -0.3 is 0 Å². The van der Waals surface area contributed by atoms with Gasteiger partial charge in [-0.25, -0.2) is 17.6 Å². The molecule has 0 bridgehead atoms. The summed E-state index contributed by atoms with van der Waals surface area (Å²) in [5.74, 6) is -2.82. The molecule has 2 heterocycles. The Morgan fingerprint density at radius 1 is 0.395 bits per heavy atom. The lowest BCUT2D eigenvalue weighted by Gasteiger charge is -2.20. The van der Waals surface area contributed by atoms with Crippen molar-refractivity contribution in [3.63, 3.8) is 0 Å². The first-order chi connectivity index (χ1) is 18.5. The zero-order valence-corrected chi connectivity index (χ0v) is 19.8. The number of hydrogen-bond acceptors (Lipinski definition) is 2. The van der Waals surface area contributed by atoms with Gasteiger partial charge in [0.25, 0.3) is 0 Å². The fourth-order valence-electron chi connectivity index (χ4n) is 4.91. The van der Waals surface area contributed by atoms with Crippen molar-refractivity contribution in [2.24, 2.45) is 0 Å². The Morgan fingerprint density at radius 2 is 0.763 bits per heavy atom. The Balaban J connectivity index is 1.77. The molecule has 0 amide bonds. The molecule has 0 aliphatic rings. The molecule has 38 heavy (non-hydrogen) atoms. The minimum atomic E-state index is -0.722. The Hall–Kier alpha value is -4.84. The van der Waals surface area contributed by atoms with Gasteiger partial charge in [-0.15, -0.1) is 0 Å². The number of fused-ring (bicyclic) bond motifs is 1. The Morgan fingerprint density at radius 3 is 1.13 bits per heavy atom. The second-order valence-corrected chi connectivity index (χ2v) is 8.79. The van der Waals surface area contributed by atoms with Crippen molar-refractivity contribution in [3.05, 3.63) is 133 Å². The van der Waals surface area contributed by atoms with Crippen LogP contribution in [0.25, 0.3) is 55.3 Å². The highest BCUT2D eigenvalue weighted by Gasteiger charge is 2.21. The summed E-state index contributed by atoms with van der Waals surface area (Å²) in [4.78, 5) is 8.16. The molecule has 0 N–H and O–H groups in total. The van der Waals surface area contributed by atoms with Gasteiger partial charge in [-0.1, -0.05) is 24.3 Å². The fourth-order valence-corrected chi connectivity index (χ4v) is 4.91. The Labute approximate surface area is 215 Å². The van der Waals surface area contributed by atoms with Crippen LogP contribution in [0.2, 0.25) is 0 Å². The van der Waals surface area contributed by atoms with Crippen LogP contribution in [0.4, 0.5) is 17.6 Å². The summed E-state index contributed by atoms with van der Waals surface area (Å²) < 4.78 is 58.3. The van der Waals surface area contributed by atoms with E-state index >= 15 is 8.78 Å². The first kappa shape index (κ1) is 23.6. The van der Waals surface area contributed by atoms with Crippen LogP contribution in [0.3, 0.4) is 0 Å². The van der Waals surface area contributed by atoms with Crippen LogP contribution in [-0.4, -0.2) is 9.97 Å². The maximum Gasteiger partial charge on any atom is 0.133 e.